The number of hydrogen-bond donors (Lipinski definition) is 0. The molecule has 2 rings (SSSR count). The first-order valence-electron chi connectivity index (χ1n) is 5.00. The van der Waals surface area contributed by atoms with Gasteiger partial charge in [-0.1, -0.05) is 17.7 Å². The van der Waals surface area contributed by atoms with Gasteiger partial charge in [0.25, 0.3) is 0 Å². The summed E-state index contributed by atoms with van der Waals surface area (Å²) in [6.45, 7) is 1.98. The molecule has 0 aliphatic carbocycles. The second kappa shape index (κ2) is 4.61. The molecule has 5 nitrogen and oxygen atoms in total. The lowest BCUT2D eigenvalue weighted by Crippen LogP contribution is -1.92. The molecule has 17 heavy (non-hydrogen) atoms. The molecular weight excluding hydrogens is 220 g/mol. The molecule has 1 heterocycles. The smallest absolute Gasteiger partial charge is 0.363 e. The number of hydrogen-bond acceptors (Lipinski definition) is 4. The molecule has 0 unspecified atom stereocenters. The summed E-state index contributed by atoms with van der Waals surface area (Å²) >= 11 is 0. The Kier molecular flexibility index (Phi) is 3.00. The van der Waals surface area contributed by atoms with Crippen LogP contribution in [0.1, 0.15) is 5.56 Å². The summed E-state index contributed by atoms with van der Waals surface area (Å²) in [5.74, 6) is 0.951. The van der Waals surface area contributed by atoms with Gasteiger partial charge in [-0.3, -0.25) is 0 Å². The van der Waals surface area contributed by atoms with Crippen molar-refractivity contribution >= 4 is 5.82 Å². The van der Waals surface area contributed by atoms with Crippen LogP contribution in [-0.2, 0) is 0 Å². The number of aryl methyl sites for hydroxylation is 1. The number of nitro groups is 1. The zero-order chi connectivity index (χ0) is 12.3. The van der Waals surface area contributed by atoms with Crippen LogP contribution in [0.5, 0.6) is 11.5 Å². The van der Waals surface area contributed by atoms with Gasteiger partial charge in [-0.05, 0) is 35.0 Å². The highest BCUT2D eigenvalue weighted by molar-refractivity contribution is 5.33. The molecule has 0 aliphatic rings. The van der Waals surface area contributed by atoms with Gasteiger partial charge in [-0.15, -0.1) is 0 Å². The Morgan fingerprint density at radius 1 is 1.12 bits per heavy atom. The van der Waals surface area contributed by atoms with E-state index in [0.29, 0.717) is 11.5 Å². The third kappa shape index (κ3) is 2.78. The third-order valence-electron chi connectivity index (χ3n) is 2.16. The summed E-state index contributed by atoms with van der Waals surface area (Å²) in [6.07, 6.45) is 1.33. The molecule has 0 spiro atoms. The Labute approximate surface area is 97.8 Å². The van der Waals surface area contributed by atoms with Gasteiger partial charge < -0.3 is 14.9 Å². The number of ether oxygens (including phenoxy) is 1. The quantitative estimate of drug-likeness (QED) is 0.600. The van der Waals surface area contributed by atoms with Crippen molar-refractivity contribution < 1.29 is 9.66 Å². The van der Waals surface area contributed by atoms with E-state index >= 15 is 0 Å². The van der Waals surface area contributed by atoms with Crippen LogP contribution < -0.4 is 4.74 Å². The highest BCUT2D eigenvalue weighted by atomic mass is 16.6. The number of nitrogens with zero attached hydrogens (tertiary/aromatic N) is 2. The maximum Gasteiger partial charge on any atom is 0.363 e. The Hall–Kier alpha value is -2.43. The standard InChI is InChI=1S/C12H10N2O3/c1-9-2-4-10(5-3-9)17-11-6-7-12(13-8-11)14(15)16/h2-8H,1H3. The van der Waals surface area contributed by atoms with Crippen LogP contribution in [0.4, 0.5) is 5.82 Å². The molecule has 0 radical (unpaired) electrons. The van der Waals surface area contributed by atoms with Gasteiger partial charge in [0.15, 0.2) is 11.9 Å². The Morgan fingerprint density at radius 3 is 2.29 bits per heavy atom. The normalized spacial score (nSPS) is 9.94. The van der Waals surface area contributed by atoms with Crippen molar-refractivity contribution in [2.75, 3.05) is 0 Å². The minimum absolute atomic E-state index is 0.193. The largest absolute Gasteiger partial charge is 0.453 e. The molecule has 1 aromatic carbocycles. The average Bonchev–Trinajstić information content (AvgIpc) is 2.33. The first kappa shape index (κ1) is 11.1. The van der Waals surface area contributed by atoms with Crippen molar-refractivity contribution in [2.24, 2.45) is 0 Å². The highest BCUT2D eigenvalue weighted by Crippen LogP contribution is 2.22. The molecule has 5 heteroatoms. The van der Waals surface area contributed by atoms with E-state index in [-0.39, 0.29) is 5.82 Å². The van der Waals surface area contributed by atoms with Crippen molar-refractivity contribution in [3.63, 3.8) is 0 Å². The van der Waals surface area contributed by atoms with Crippen LogP contribution in [0.15, 0.2) is 42.6 Å². The number of benzene rings is 1. The molecule has 2 aromatic rings. The van der Waals surface area contributed by atoms with Gasteiger partial charge >= 0.3 is 5.82 Å². The molecule has 0 atom stereocenters. The SMILES string of the molecule is Cc1ccc(Oc2ccc([N+](=O)[O-])nc2)cc1. The fourth-order valence-electron chi connectivity index (χ4n) is 1.28. The molecule has 0 aliphatic heterocycles. The second-order valence-electron chi connectivity index (χ2n) is 3.52. The van der Waals surface area contributed by atoms with Crippen LogP contribution >= 0.6 is 0 Å². The Bertz CT molecular complexity index is 520. The maximum atomic E-state index is 10.4. The van der Waals surface area contributed by atoms with Crippen molar-refractivity contribution in [1.29, 1.82) is 0 Å². The summed E-state index contributed by atoms with van der Waals surface area (Å²) in [7, 11) is 0. The van der Waals surface area contributed by atoms with Crippen LogP contribution in [0.2, 0.25) is 0 Å². The molecule has 0 saturated carbocycles. The fraction of sp³-hybridized carbons (Fsp3) is 0.0833. The van der Waals surface area contributed by atoms with E-state index in [1.165, 1.54) is 18.3 Å². The van der Waals surface area contributed by atoms with Crippen molar-refractivity contribution in [3.8, 4) is 11.5 Å². The van der Waals surface area contributed by atoms with Gasteiger partial charge in [-0.25, -0.2) is 0 Å². The van der Waals surface area contributed by atoms with Crippen molar-refractivity contribution in [3.05, 3.63) is 58.3 Å². The summed E-state index contributed by atoms with van der Waals surface area (Å²) < 4.78 is 5.48. The average molecular weight is 230 g/mol. The predicted octanol–water partition coefficient (Wildman–Crippen LogP) is 3.09. The number of rotatable bonds is 3. The third-order valence-corrected chi connectivity index (χ3v) is 2.16. The molecule has 0 N–H and O–H groups in total. The van der Waals surface area contributed by atoms with E-state index in [1.54, 1.807) is 0 Å². The Balaban J connectivity index is 2.13. The van der Waals surface area contributed by atoms with E-state index in [0.717, 1.165) is 5.56 Å². The summed E-state index contributed by atoms with van der Waals surface area (Å²) in [4.78, 5) is 13.5. The van der Waals surface area contributed by atoms with Crippen LogP contribution in [0.25, 0.3) is 0 Å². The predicted molar refractivity (Wildman–Crippen MR) is 62.1 cm³/mol. The van der Waals surface area contributed by atoms with Gasteiger partial charge in [0, 0.05) is 6.07 Å². The molecule has 0 fully saturated rings. The number of pyridine rings is 1. The lowest BCUT2D eigenvalue weighted by molar-refractivity contribution is -0.389. The van der Waals surface area contributed by atoms with Gasteiger partial charge in [0.2, 0.25) is 0 Å². The molecule has 0 bridgehead atoms. The van der Waals surface area contributed by atoms with E-state index in [9.17, 15) is 10.1 Å². The molecular formula is C12H10N2O3. The first-order chi connectivity index (χ1) is 8.15. The molecule has 1 aromatic heterocycles. The van der Waals surface area contributed by atoms with Crippen LogP contribution in [0.3, 0.4) is 0 Å². The maximum absolute atomic E-state index is 10.4. The number of aromatic nitrogens is 1. The van der Waals surface area contributed by atoms with E-state index in [2.05, 4.69) is 4.98 Å². The lowest BCUT2D eigenvalue weighted by atomic mass is 10.2. The summed E-state index contributed by atoms with van der Waals surface area (Å²) in [6, 6.07) is 10.3. The van der Waals surface area contributed by atoms with E-state index in [1.807, 2.05) is 31.2 Å². The minimum Gasteiger partial charge on any atom is -0.453 e. The summed E-state index contributed by atoms with van der Waals surface area (Å²) in [5.41, 5.74) is 1.14. The topological polar surface area (TPSA) is 65.3 Å². The van der Waals surface area contributed by atoms with Crippen molar-refractivity contribution in [2.45, 2.75) is 6.92 Å². The minimum atomic E-state index is -0.546. The van der Waals surface area contributed by atoms with Gasteiger partial charge in [-0.2, -0.15) is 0 Å². The van der Waals surface area contributed by atoms with Crippen molar-refractivity contribution in [1.82, 2.24) is 4.98 Å². The molecule has 86 valence electrons. The van der Waals surface area contributed by atoms with Gasteiger partial charge in [0.1, 0.15) is 5.75 Å². The van der Waals surface area contributed by atoms with Crippen LogP contribution in [0, 0.1) is 17.0 Å². The molecule has 0 amide bonds. The van der Waals surface area contributed by atoms with Crippen LogP contribution in [-0.4, -0.2) is 9.91 Å². The first-order valence-corrected chi connectivity index (χ1v) is 5.00. The molecule has 0 saturated heterocycles. The zero-order valence-electron chi connectivity index (χ0n) is 9.16. The van der Waals surface area contributed by atoms with Gasteiger partial charge in [0.05, 0.1) is 0 Å². The highest BCUT2D eigenvalue weighted by Gasteiger charge is 2.07. The zero-order valence-corrected chi connectivity index (χ0v) is 9.16. The van der Waals surface area contributed by atoms with E-state index in [4.69, 9.17) is 4.74 Å². The second-order valence-corrected chi connectivity index (χ2v) is 3.52. The van der Waals surface area contributed by atoms with E-state index < -0.39 is 4.92 Å². The fourth-order valence-corrected chi connectivity index (χ4v) is 1.28. The lowest BCUT2D eigenvalue weighted by Gasteiger charge is -2.03. The summed E-state index contributed by atoms with van der Waals surface area (Å²) in [5, 5.41) is 10.4. The monoisotopic (exact) mass is 230 g/mol. The Morgan fingerprint density at radius 2 is 1.76 bits per heavy atom.